The maximum atomic E-state index is 12.5. The van der Waals surface area contributed by atoms with Crippen molar-refractivity contribution >= 4 is 10.0 Å². The summed E-state index contributed by atoms with van der Waals surface area (Å²) in [6.45, 7) is 3.87. The number of ether oxygens (including phenoxy) is 1. The summed E-state index contributed by atoms with van der Waals surface area (Å²) in [5.74, 6) is -0.772. The van der Waals surface area contributed by atoms with Crippen molar-refractivity contribution in [2.75, 3.05) is 6.54 Å². The second-order valence-electron chi connectivity index (χ2n) is 6.65. The third-order valence-corrected chi connectivity index (χ3v) is 5.76. The molecule has 0 aliphatic carbocycles. The van der Waals surface area contributed by atoms with Crippen LogP contribution in [0, 0.1) is 13.8 Å². The average molecular weight is 439 g/mol. The Kier molecular flexibility index (Phi) is 6.18. The lowest BCUT2D eigenvalue weighted by Crippen LogP contribution is -2.27. The zero-order valence-corrected chi connectivity index (χ0v) is 17.1. The van der Waals surface area contributed by atoms with Crippen LogP contribution in [0.2, 0.25) is 0 Å². The number of nitrogens with zero attached hydrogens (tertiary/aromatic N) is 2. The van der Waals surface area contributed by atoms with Crippen LogP contribution in [0.25, 0.3) is 5.69 Å². The van der Waals surface area contributed by atoms with Gasteiger partial charge in [-0.3, -0.25) is 0 Å². The monoisotopic (exact) mass is 439 g/mol. The van der Waals surface area contributed by atoms with Crippen LogP contribution < -0.4 is 9.46 Å². The predicted molar refractivity (Wildman–Crippen MR) is 105 cm³/mol. The second kappa shape index (κ2) is 8.49. The molecule has 0 saturated heterocycles. The van der Waals surface area contributed by atoms with E-state index in [1.54, 1.807) is 4.68 Å². The minimum absolute atomic E-state index is 0.0158. The first-order chi connectivity index (χ1) is 14.0. The standard InChI is InChI=1S/C20H20F3N3O3S/c1-14-13-15(2)26(25-14)17-9-7-16(8-10-17)11-12-24-30(27,28)19-6-4-3-5-18(19)29-20(21,22)23/h3-10,13,24H,11-12H2,1-2H3. The Morgan fingerprint density at radius 2 is 1.73 bits per heavy atom. The fourth-order valence-corrected chi connectivity index (χ4v) is 4.14. The smallest absolute Gasteiger partial charge is 0.404 e. The van der Waals surface area contributed by atoms with Gasteiger partial charge in [0.05, 0.1) is 11.4 Å². The van der Waals surface area contributed by atoms with E-state index in [4.69, 9.17) is 0 Å². The Hall–Kier alpha value is -2.85. The minimum Gasteiger partial charge on any atom is -0.404 e. The molecule has 30 heavy (non-hydrogen) atoms. The molecule has 0 amide bonds. The molecule has 0 atom stereocenters. The number of hydrogen-bond donors (Lipinski definition) is 1. The minimum atomic E-state index is -4.99. The van der Waals surface area contributed by atoms with Crippen LogP contribution in [0.5, 0.6) is 5.75 Å². The molecule has 2 aromatic carbocycles. The Labute approximate surface area is 172 Å². The molecule has 6 nitrogen and oxygen atoms in total. The van der Waals surface area contributed by atoms with Crippen molar-refractivity contribution in [1.29, 1.82) is 0 Å². The van der Waals surface area contributed by atoms with Gasteiger partial charge < -0.3 is 4.74 Å². The Bertz CT molecular complexity index is 1120. The first-order valence-electron chi connectivity index (χ1n) is 9.02. The van der Waals surface area contributed by atoms with Crippen LogP contribution in [-0.4, -0.2) is 31.1 Å². The van der Waals surface area contributed by atoms with Crippen molar-refractivity contribution in [2.24, 2.45) is 0 Å². The van der Waals surface area contributed by atoms with E-state index in [0.717, 1.165) is 34.8 Å². The summed E-state index contributed by atoms with van der Waals surface area (Å²) in [5, 5.41) is 4.40. The molecule has 0 spiro atoms. The van der Waals surface area contributed by atoms with Crippen LogP contribution in [0.3, 0.4) is 0 Å². The van der Waals surface area contributed by atoms with E-state index >= 15 is 0 Å². The molecule has 3 rings (SSSR count). The highest BCUT2D eigenvalue weighted by Gasteiger charge is 2.33. The summed E-state index contributed by atoms with van der Waals surface area (Å²) in [7, 11) is -4.18. The molecule has 3 aromatic rings. The maximum Gasteiger partial charge on any atom is 0.573 e. The zero-order chi connectivity index (χ0) is 21.9. The summed E-state index contributed by atoms with van der Waals surface area (Å²) in [4.78, 5) is -0.567. The van der Waals surface area contributed by atoms with Gasteiger partial charge in [-0.25, -0.2) is 17.8 Å². The van der Waals surface area contributed by atoms with Gasteiger partial charge in [0.25, 0.3) is 0 Å². The SMILES string of the molecule is Cc1cc(C)n(-c2ccc(CCNS(=O)(=O)c3ccccc3OC(F)(F)F)cc2)n1. The third-order valence-electron chi connectivity index (χ3n) is 4.26. The normalized spacial score (nSPS) is 12.2. The van der Waals surface area contributed by atoms with Crippen molar-refractivity contribution < 1.29 is 26.3 Å². The predicted octanol–water partition coefficient (Wildman–Crippen LogP) is 3.91. The van der Waals surface area contributed by atoms with Gasteiger partial charge in [-0.1, -0.05) is 24.3 Å². The van der Waals surface area contributed by atoms with Gasteiger partial charge in [0, 0.05) is 12.2 Å². The van der Waals surface area contributed by atoms with Crippen molar-refractivity contribution in [3.63, 3.8) is 0 Å². The van der Waals surface area contributed by atoms with Crippen LogP contribution in [0.1, 0.15) is 17.0 Å². The van der Waals surface area contributed by atoms with Gasteiger partial charge in [0.15, 0.2) is 0 Å². The second-order valence-corrected chi connectivity index (χ2v) is 8.38. The number of halogens is 3. The third kappa shape index (κ3) is 5.39. The number of nitrogens with one attached hydrogen (secondary N) is 1. The lowest BCUT2D eigenvalue weighted by Gasteiger charge is -2.14. The molecule has 1 N–H and O–H groups in total. The van der Waals surface area contributed by atoms with Crippen molar-refractivity contribution in [1.82, 2.24) is 14.5 Å². The maximum absolute atomic E-state index is 12.5. The molecule has 0 radical (unpaired) electrons. The fourth-order valence-electron chi connectivity index (χ4n) is 2.98. The lowest BCUT2D eigenvalue weighted by atomic mass is 10.1. The summed E-state index contributed by atoms with van der Waals surface area (Å²) >= 11 is 0. The Morgan fingerprint density at radius 1 is 1.07 bits per heavy atom. The summed E-state index contributed by atoms with van der Waals surface area (Å²) in [6.07, 6.45) is -4.63. The number of benzene rings is 2. The summed E-state index contributed by atoms with van der Waals surface area (Å²) in [6, 6.07) is 14.0. The number of hydrogen-bond acceptors (Lipinski definition) is 4. The van der Waals surface area contributed by atoms with Gasteiger partial charge in [0.2, 0.25) is 10.0 Å². The largest absolute Gasteiger partial charge is 0.573 e. The van der Waals surface area contributed by atoms with Gasteiger partial charge in [-0.15, -0.1) is 13.2 Å². The van der Waals surface area contributed by atoms with Gasteiger partial charge >= 0.3 is 6.36 Å². The van der Waals surface area contributed by atoms with E-state index in [2.05, 4.69) is 14.6 Å². The van der Waals surface area contributed by atoms with Gasteiger partial charge in [-0.05, 0) is 56.2 Å². The average Bonchev–Trinajstić information content (AvgIpc) is 2.99. The lowest BCUT2D eigenvalue weighted by molar-refractivity contribution is -0.275. The zero-order valence-electron chi connectivity index (χ0n) is 16.3. The number of aryl methyl sites for hydroxylation is 2. The molecule has 160 valence electrons. The Morgan fingerprint density at radius 3 is 2.33 bits per heavy atom. The number of rotatable bonds is 7. The van der Waals surface area contributed by atoms with Crippen molar-refractivity contribution in [3.05, 3.63) is 71.5 Å². The number of sulfonamides is 1. The van der Waals surface area contributed by atoms with Crippen LogP contribution in [0.4, 0.5) is 13.2 Å². The van der Waals surface area contributed by atoms with E-state index in [0.29, 0.717) is 6.42 Å². The molecular formula is C20H20F3N3O3S. The molecular weight excluding hydrogens is 419 g/mol. The summed E-state index contributed by atoms with van der Waals surface area (Å²) in [5.41, 5.74) is 3.64. The van der Waals surface area contributed by atoms with E-state index in [9.17, 15) is 21.6 Å². The van der Waals surface area contributed by atoms with Crippen LogP contribution in [-0.2, 0) is 16.4 Å². The van der Waals surface area contributed by atoms with E-state index < -0.39 is 27.0 Å². The molecule has 0 unspecified atom stereocenters. The van der Waals surface area contributed by atoms with Gasteiger partial charge in [-0.2, -0.15) is 5.10 Å². The van der Waals surface area contributed by atoms with E-state index in [-0.39, 0.29) is 6.54 Å². The quantitative estimate of drug-likeness (QED) is 0.606. The van der Waals surface area contributed by atoms with Crippen LogP contribution >= 0.6 is 0 Å². The van der Waals surface area contributed by atoms with E-state index in [1.807, 2.05) is 44.2 Å². The van der Waals surface area contributed by atoms with Crippen LogP contribution in [0.15, 0.2) is 59.5 Å². The van der Waals surface area contributed by atoms with Crippen molar-refractivity contribution in [2.45, 2.75) is 31.5 Å². The first kappa shape index (κ1) is 21.8. The molecule has 10 heteroatoms. The van der Waals surface area contributed by atoms with E-state index in [1.165, 1.54) is 12.1 Å². The molecule has 1 heterocycles. The molecule has 0 aliphatic heterocycles. The summed E-state index contributed by atoms with van der Waals surface area (Å²) < 4.78 is 70.4. The topological polar surface area (TPSA) is 73.2 Å². The number of para-hydroxylation sites is 1. The fraction of sp³-hybridized carbons (Fsp3) is 0.250. The molecule has 0 bridgehead atoms. The molecule has 0 fully saturated rings. The number of aromatic nitrogens is 2. The number of alkyl halides is 3. The highest BCUT2D eigenvalue weighted by atomic mass is 32.2. The highest BCUT2D eigenvalue weighted by Crippen LogP contribution is 2.29. The molecule has 1 aromatic heterocycles. The molecule has 0 aliphatic rings. The first-order valence-corrected chi connectivity index (χ1v) is 10.5. The van der Waals surface area contributed by atoms with Crippen molar-refractivity contribution in [3.8, 4) is 11.4 Å². The van der Waals surface area contributed by atoms with Gasteiger partial charge in [0.1, 0.15) is 10.6 Å². The highest BCUT2D eigenvalue weighted by molar-refractivity contribution is 7.89. The Balaban J connectivity index is 1.66. The molecule has 0 saturated carbocycles.